The first-order valence-corrected chi connectivity index (χ1v) is 7.15. The van der Waals surface area contributed by atoms with Gasteiger partial charge in [0.2, 0.25) is 17.8 Å². The van der Waals surface area contributed by atoms with Crippen molar-refractivity contribution in [2.75, 3.05) is 35.2 Å². The maximum absolute atomic E-state index is 5.85. The minimum Gasteiger partial charge on any atom is -0.368 e. The molecule has 1 aliphatic heterocycles. The molecular formula is C13H24N6. The van der Waals surface area contributed by atoms with Crippen molar-refractivity contribution >= 4 is 17.8 Å². The fourth-order valence-electron chi connectivity index (χ4n) is 2.39. The molecule has 2 N–H and O–H groups in total. The second-order valence-corrected chi connectivity index (χ2v) is 5.27. The fourth-order valence-corrected chi connectivity index (χ4v) is 2.39. The van der Waals surface area contributed by atoms with Crippen LogP contribution in [-0.2, 0) is 0 Å². The monoisotopic (exact) mass is 264 g/mol. The Hall–Kier alpha value is -1.59. The largest absolute Gasteiger partial charge is 0.368 e. The first kappa shape index (κ1) is 13.8. The Kier molecular flexibility index (Phi) is 4.39. The van der Waals surface area contributed by atoms with Gasteiger partial charge in [0.15, 0.2) is 0 Å². The van der Waals surface area contributed by atoms with Gasteiger partial charge in [-0.3, -0.25) is 0 Å². The zero-order valence-corrected chi connectivity index (χ0v) is 12.1. The summed E-state index contributed by atoms with van der Waals surface area (Å²) in [6.07, 6.45) is 3.45. The number of anilines is 3. The highest BCUT2D eigenvalue weighted by Gasteiger charge is 2.19. The second kappa shape index (κ2) is 6.04. The van der Waals surface area contributed by atoms with Crippen molar-refractivity contribution in [3.05, 3.63) is 0 Å². The van der Waals surface area contributed by atoms with Crippen LogP contribution < -0.4 is 15.5 Å². The van der Waals surface area contributed by atoms with Crippen LogP contribution in [0.2, 0.25) is 0 Å². The zero-order chi connectivity index (χ0) is 13.8. The standard InChI is InChI=1S/C13H24N6/c1-4-7-19(10(2)3)13-16-11(14)15-12(17-13)18-8-5-6-9-18/h10H,4-9H2,1-3H3,(H2,14,15,16,17). The Balaban J connectivity index is 2.28. The number of rotatable bonds is 5. The first-order chi connectivity index (χ1) is 9.11. The molecule has 1 aromatic heterocycles. The molecule has 2 rings (SSSR count). The molecule has 0 unspecified atom stereocenters. The molecule has 0 amide bonds. The summed E-state index contributed by atoms with van der Waals surface area (Å²) in [5.41, 5.74) is 5.85. The normalized spacial score (nSPS) is 15.3. The van der Waals surface area contributed by atoms with Gasteiger partial charge in [-0.2, -0.15) is 15.0 Å². The second-order valence-electron chi connectivity index (χ2n) is 5.27. The molecule has 19 heavy (non-hydrogen) atoms. The number of nitrogens with zero attached hydrogens (tertiary/aromatic N) is 5. The van der Waals surface area contributed by atoms with E-state index >= 15 is 0 Å². The molecule has 0 bridgehead atoms. The molecule has 1 aliphatic rings. The summed E-state index contributed by atoms with van der Waals surface area (Å²) in [6, 6.07) is 0.355. The van der Waals surface area contributed by atoms with Crippen LogP contribution in [-0.4, -0.2) is 40.6 Å². The van der Waals surface area contributed by atoms with Crippen LogP contribution in [0.4, 0.5) is 17.8 Å². The maximum Gasteiger partial charge on any atom is 0.232 e. The van der Waals surface area contributed by atoms with E-state index in [-0.39, 0.29) is 0 Å². The van der Waals surface area contributed by atoms with Gasteiger partial charge in [-0.1, -0.05) is 6.92 Å². The topological polar surface area (TPSA) is 71.2 Å². The van der Waals surface area contributed by atoms with Gasteiger partial charge >= 0.3 is 0 Å². The minimum atomic E-state index is 0.314. The molecule has 0 atom stereocenters. The summed E-state index contributed by atoms with van der Waals surface area (Å²) in [5, 5.41) is 0. The third kappa shape index (κ3) is 3.24. The van der Waals surface area contributed by atoms with Crippen molar-refractivity contribution < 1.29 is 0 Å². The van der Waals surface area contributed by atoms with Crippen molar-refractivity contribution in [1.82, 2.24) is 15.0 Å². The molecule has 0 saturated carbocycles. The molecule has 6 nitrogen and oxygen atoms in total. The van der Waals surface area contributed by atoms with Crippen molar-refractivity contribution in [3.63, 3.8) is 0 Å². The lowest BCUT2D eigenvalue weighted by molar-refractivity contribution is 0.648. The predicted molar refractivity (Wildman–Crippen MR) is 78.5 cm³/mol. The van der Waals surface area contributed by atoms with Crippen LogP contribution in [0.15, 0.2) is 0 Å². The van der Waals surface area contributed by atoms with Gasteiger partial charge in [-0.15, -0.1) is 0 Å². The summed E-state index contributed by atoms with van der Waals surface area (Å²) in [5.74, 6) is 1.74. The van der Waals surface area contributed by atoms with Crippen LogP contribution >= 0.6 is 0 Å². The van der Waals surface area contributed by atoms with E-state index in [9.17, 15) is 0 Å². The van der Waals surface area contributed by atoms with Crippen LogP contribution in [0.5, 0.6) is 0 Å². The Morgan fingerprint density at radius 1 is 1.21 bits per heavy atom. The van der Waals surface area contributed by atoms with Crippen molar-refractivity contribution in [2.24, 2.45) is 0 Å². The van der Waals surface area contributed by atoms with E-state index < -0.39 is 0 Å². The van der Waals surface area contributed by atoms with Crippen LogP contribution in [0.3, 0.4) is 0 Å². The first-order valence-electron chi connectivity index (χ1n) is 7.15. The van der Waals surface area contributed by atoms with Gasteiger partial charge in [0.25, 0.3) is 0 Å². The molecule has 1 aromatic rings. The van der Waals surface area contributed by atoms with Crippen LogP contribution in [0, 0.1) is 0 Å². The van der Waals surface area contributed by atoms with E-state index in [1.165, 1.54) is 12.8 Å². The summed E-state index contributed by atoms with van der Waals surface area (Å²) < 4.78 is 0. The molecular weight excluding hydrogens is 240 g/mol. The highest BCUT2D eigenvalue weighted by Crippen LogP contribution is 2.20. The van der Waals surface area contributed by atoms with Crippen molar-refractivity contribution in [3.8, 4) is 0 Å². The molecule has 0 aliphatic carbocycles. The number of hydrogen-bond donors (Lipinski definition) is 1. The number of nitrogens with two attached hydrogens (primary N) is 1. The highest BCUT2D eigenvalue weighted by molar-refractivity contribution is 5.44. The molecule has 2 heterocycles. The van der Waals surface area contributed by atoms with Gasteiger partial charge in [0, 0.05) is 25.7 Å². The number of nitrogen functional groups attached to an aromatic ring is 1. The third-order valence-electron chi connectivity index (χ3n) is 3.36. The summed E-state index contributed by atoms with van der Waals surface area (Å²) in [4.78, 5) is 17.5. The average Bonchev–Trinajstić information content (AvgIpc) is 2.88. The molecule has 1 saturated heterocycles. The third-order valence-corrected chi connectivity index (χ3v) is 3.36. The van der Waals surface area contributed by atoms with E-state index in [1.807, 2.05) is 0 Å². The predicted octanol–water partition coefficient (Wildman–Crippen LogP) is 1.68. The molecule has 0 aromatic carbocycles. The Morgan fingerprint density at radius 2 is 1.89 bits per heavy atom. The van der Waals surface area contributed by atoms with Crippen molar-refractivity contribution in [1.29, 1.82) is 0 Å². The molecule has 0 radical (unpaired) electrons. The Labute approximate surface area is 115 Å². The van der Waals surface area contributed by atoms with E-state index in [0.717, 1.165) is 32.0 Å². The van der Waals surface area contributed by atoms with Gasteiger partial charge in [-0.25, -0.2) is 0 Å². The maximum atomic E-state index is 5.85. The number of aromatic nitrogens is 3. The van der Waals surface area contributed by atoms with E-state index in [2.05, 4.69) is 45.5 Å². The molecule has 6 heteroatoms. The van der Waals surface area contributed by atoms with Gasteiger partial charge < -0.3 is 15.5 Å². The van der Waals surface area contributed by atoms with Gasteiger partial charge in [-0.05, 0) is 33.1 Å². The van der Waals surface area contributed by atoms with E-state index in [0.29, 0.717) is 17.9 Å². The quantitative estimate of drug-likeness (QED) is 0.872. The van der Waals surface area contributed by atoms with E-state index in [1.54, 1.807) is 0 Å². The Morgan fingerprint density at radius 3 is 2.47 bits per heavy atom. The van der Waals surface area contributed by atoms with Crippen LogP contribution in [0.25, 0.3) is 0 Å². The Bertz CT molecular complexity index is 414. The SMILES string of the molecule is CCCN(c1nc(N)nc(N2CCCC2)n1)C(C)C. The number of hydrogen-bond acceptors (Lipinski definition) is 6. The van der Waals surface area contributed by atoms with E-state index in [4.69, 9.17) is 5.73 Å². The minimum absolute atomic E-state index is 0.314. The summed E-state index contributed by atoms with van der Waals surface area (Å²) in [7, 11) is 0. The summed E-state index contributed by atoms with van der Waals surface area (Å²) in [6.45, 7) is 9.40. The highest BCUT2D eigenvalue weighted by atomic mass is 15.4. The smallest absolute Gasteiger partial charge is 0.232 e. The van der Waals surface area contributed by atoms with Crippen molar-refractivity contribution in [2.45, 2.75) is 46.1 Å². The zero-order valence-electron chi connectivity index (χ0n) is 12.1. The fraction of sp³-hybridized carbons (Fsp3) is 0.769. The molecule has 106 valence electrons. The lowest BCUT2D eigenvalue weighted by Crippen LogP contribution is -2.34. The average molecular weight is 264 g/mol. The lowest BCUT2D eigenvalue weighted by Gasteiger charge is -2.27. The molecule has 1 fully saturated rings. The van der Waals surface area contributed by atoms with Crippen LogP contribution in [0.1, 0.15) is 40.0 Å². The molecule has 0 spiro atoms. The lowest BCUT2D eigenvalue weighted by atomic mass is 10.3. The van der Waals surface area contributed by atoms with Gasteiger partial charge in [0.1, 0.15) is 0 Å². The van der Waals surface area contributed by atoms with Gasteiger partial charge in [0.05, 0.1) is 0 Å². The summed E-state index contributed by atoms with van der Waals surface area (Å²) >= 11 is 0.